The van der Waals surface area contributed by atoms with Gasteiger partial charge in [0.25, 0.3) is 0 Å². The summed E-state index contributed by atoms with van der Waals surface area (Å²) in [4.78, 5) is 2.64. The van der Waals surface area contributed by atoms with Crippen molar-refractivity contribution in [3.05, 3.63) is 22.7 Å². The number of nitrogens with zero attached hydrogens (tertiary/aromatic N) is 1. The number of halogens is 1. The second kappa shape index (κ2) is 6.35. The molecule has 1 aromatic rings. The third-order valence-corrected chi connectivity index (χ3v) is 4.89. The van der Waals surface area contributed by atoms with Gasteiger partial charge in [0.1, 0.15) is 6.10 Å². The van der Waals surface area contributed by atoms with Crippen molar-refractivity contribution >= 4 is 15.9 Å². The second-order valence-electron chi connectivity index (χ2n) is 5.76. The topological polar surface area (TPSA) is 21.7 Å². The van der Waals surface area contributed by atoms with Gasteiger partial charge in [-0.05, 0) is 44.1 Å². The zero-order valence-corrected chi connectivity index (χ0v) is 13.6. The highest BCUT2D eigenvalue weighted by Gasteiger charge is 2.35. The first kappa shape index (κ1) is 14.2. The minimum Gasteiger partial charge on any atom is -0.493 e. The predicted molar refractivity (Wildman–Crippen MR) is 83.6 cm³/mol. The van der Waals surface area contributed by atoms with Crippen LogP contribution in [0.1, 0.15) is 32.1 Å². The highest BCUT2D eigenvalue weighted by molar-refractivity contribution is 9.10. The summed E-state index contributed by atoms with van der Waals surface area (Å²) in [6.45, 7) is 2.55. The molecule has 1 saturated heterocycles. The first-order valence-electron chi connectivity index (χ1n) is 7.50. The number of hydrogen-bond donors (Lipinski definition) is 0. The molecule has 3 nitrogen and oxygen atoms in total. The maximum absolute atomic E-state index is 6.08. The molecule has 1 saturated carbocycles. The number of benzene rings is 1. The number of likely N-dealkylation sites (tertiary alicyclic amines) is 1. The van der Waals surface area contributed by atoms with E-state index >= 15 is 0 Å². The van der Waals surface area contributed by atoms with Crippen LogP contribution in [-0.2, 0) is 0 Å². The summed E-state index contributed by atoms with van der Waals surface area (Å²) in [5.41, 5.74) is 0. The number of rotatable bonds is 4. The third kappa shape index (κ3) is 3.12. The molecule has 110 valence electrons. The van der Waals surface area contributed by atoms with E-state index in [-0.39, 0.29) is 0 Å². The lowest BCUT2D eigenvalue weighted by atomic mass is 9.86. The molecule has 0 bridgehead atoms. The van der Waals surface area contributed by atoms with E-state index in [0.29, 0.717) is 6.10 Å². The lowest BCUT2D eigenvalue weighted by Gasteiger charge is -2.44. The summed E-state index contributed by atoms with van der Waals surface area (Å²) < 4.78 is 12.5. The van der Waals surface area contributed by atoms with Gasteiger partial charge in [0.15, 0.2) is 11.5 Å². The molecule has 0 unspecified atom stereocenters. The van der Waals surface area contributed by atoms with Crippen LogP contribution in [0.2, 0.25) is 0 Å². The van der Waals surface area contributed by atoms with E-state index in [9.17, 15) is 0 Å². The Morgan fingerprint density at radius 2 is 1.85 bits per heavy atom. The minimum absolute atomic E-state index is 0.344. The van der Waals surface area contributed by atoms with Gasteiger partial charge in [0.2, 0.25) is 0 Å². The van der Waals surface area contributed by atoms with E-state index < -0.39 is 0 Å². The van der Waals surface area contributed by atoms with Gasteiger partial charge >= 0.3 is 0 Å². The second-order valence-corrected chi connectivity index (χ2v) is 6.67. The van der Waals surface area contributed by atoms with Crippen molar-refractivity contribution in [3.63, 3.8) is 0 Å². The van der Waals surface area contributed by atoms with Gasteiger partial charge < -0.3 is 14.4 Å². The van der Waals surface area contributed by atoms with Crippen LogP contribution in [-0.4, -0.2) is 37.2 Å². The monoisotopic (exact) mass is 339 g/mol. The van der Waals surface area contributed by atoms with Gasteiger partial charge in [-0.25, -0.2) is 0 Å². The molecular weight excluding hydrogens is 318 g/mol. The van der Waals surface area contributed by atoms with Crippen LogP contribution in [0.4, 0.5) is 0 Å². The minimum atomic E-state index is 0.344. The van der Waals surface area contributed by atoms with E-state index in [1.54, 1.807) is 7.11 Å². The molecule has 1 aliphatic carbocycles. The van der Waals surface area contributed by atoms with Gasteiger partial charge in [0, 0.05) is 23.4 Å². The lowest BCUT2D eigenvalue weighted by Crippen LogP contribution is -2.50. The molecule has 2 aliphatic rings. The molecule has 3 rings (SSSR count). The van der Waals surface area contributed by atoms with Crippen LogP contribution < -0.4 is 9.47 Å². The Balaban J connectivity index is 1.53. The molecule has 0 amide bonds. The average Bonchev–Trinajstić information content (AvgIpc) is 2.44. The van der Waals surface area contributed by atoms with Crippen molar-refractivity contribution in [2.45, 2.75) is 44.2 Å². The van der Waals surface area contributed by atoms with Crippen molar-refractivity contribution in [3.8, 4) is 11.5 Å². The van der Waals surface area contributed by atoms with Crippen LogP contribution >= 0.6 is 15.9 Å². The van der Waals surface area contributed by atoms with Crippen LogP contribution in [0, 0.1) is 0 Å². The molecule has 1 aromatic carbocycles. The van der Waals surface area contributed by atoms with E-state index in [1.165, 1.54) is 32.4 Å². The van der Waals surface area contributed by atoms with Crippen LogP contribution in [0.5, 0.6) is 11.5 Å². The molecule has 2 fully saturated rings. The fourth-order valence-electron chi connectivity index (χ4n) is 3.13. The maximum atomic E-state index is 6.08. The van der Waals surface area contributed by atoms with Gasteiger partial charge in [0.05, 0.1) is 7.11 Å². The molecule has 0 atom stereocenters. The fraction of sp³-hybridized carbons (Fsp3) is 0.625. The molecule has 0 radical (unpaired) electrons. The molecule has 1 heterocycles. The third-order valence-electron chi connectivity index (χ3n) is 4.40. The predicted octanol–water partition coefficient (Wildman–Crippen LogP) is 3.85. The van der Waals surface area contributed by atoms with Crippen LogP contribution in [0.25, 0.3) is 0 Å². The normalized spacial score (nSPS) is 26.9. The van der Waals surface area contributed by atoms with Crippen molar-refractivity contribution < 1.29 is 9.47 Å². The van der Waals surface area contributed by atoms with Crippen LogP contribution in [0.3, 0.4) is 0 Å². The summed E-state index contributed by atoms with van der Waals surface area (Å²) in [5, 5.41) is 0. The number of ether oxygens (including phenoxy) is 2. The maximum Gasteiger partial charge on any atom is 0.161 e. The van der Waals surface area contributed by atoms with Crippen molar-refractivity contribution in [1.29, 1.82) is 0 Å². The Morgan fingerprint density at radius 3 is 2.55 bits per heavy atom. The van der Waals surface area contributed by atoms with E-state index in [0.717, 1.165) is 34.9 Å². The average molecular weight is 340 g/mol. The summed E-state index contributed by atoms with van der Waals surface area (Å²) >= 11 is 3.45. The van der Waals surface area contributed by atoms with Gasteiger partial charge in [-0.1, -0.05) is 22.4 Å². The molecular formula is C16H22BrNO2. The highest BCUT2D eigenvalue weighted by Crippen LogP contribution is 2.36. The molecule has 0 N–H and O–H groups in total. The van der Waals surface area contributed by atoms with Crippen molar-refractivity contribution in [2.75, 3.05) is 20.2 Å². The van der Waals surface area contributed by atoms with Gasteiger partial charge in [-0.3, -0.25) is 0 Å². The molecule has 20 heavy (non-hydrogen) atoms. The van der Waals surface area contributed by atoms with E-state index in [1.807, 2.05) is 18.2 Å². The molecule has 0 aromatic heterocycles. The Hall–Kier alpha value is -0.740. The van der Waals surface area contributed by atoms with E-state index in [2.05, 4.69) is 20.8 Å². The summed E-state index contributed by atoms with van der Waals surface area (Å²) in [5.74, 6) is 1.67. The summed E-state index contributed by atoms with van der Waals surface area (Å²) in [6, 6.07) is 6.67. The summed E-state index contributed by atoms with van der Waals surface area (Å²) in [7, 11) is 1.69. The van der Waals surface area contributed by atoms with Gasteiger partial charge in [-0.2, -0.15) is 0 Å². The Morgan fingerprint density at radius 1 is 1.10 bits per heavy atom. The molecule has 1 aliphatic heterocycles. The fourth-order valence-corrected chi connectivity index (χ4v) is 3.47. The van der Waals surface area contributed by atoms with E-state index in [4.69, 9.17) is 9.47 Å². The number of piperidine rings is 1. The quantitative estimate of drug-likeness (QED) is 0.831. The largest absolute Gasteiger partial charge is 0.493 e. The first-order valence-corrected chi connectivity index (χ1v) is 8.30. The highest BCUT2D eigenvalue weighted by atomic mass is 79.9. The Bertz CT molecular complexity index is 454. The van der Waals surface area contributed by atoms with Crippen LogP contribution in [0.15, 0.2) is 22.7 Å². The number of hydrogen-bond acceptors (Lipinski definition) is 3. The van der Waals surface area contributed by atoms with Crippen molar-refractivity contribution in [2.24, 2.45) is 0 Å². The van der Waals surface area contributed by atoms with Crippen molar-refractivity contribution in [1.82, 2.24) is 4.90 Å². The lowest BCUT2D eigenvalue weighted by molar-refractivity contribution is 0.00777. The zero-order chi connectivity index (χ0) is 13.9. The van der Waals surface area contributed by atoms with Gasteiger partial charge in [-0.15, -0.1) is 0 Å². The Kier molecular flexibility index (Phi) is 4.51. The first-order chi connectivity index (χ1) is 9.76. The molecule has 4 heteroatoms. The SMILES string of the molecule is COc1cc(Br)ccc1O[C@H]1C[C@H](N2CCCCC2)C1. The summed E-state index contributed by atoms with van der Waals surface area (Å²) in [6.07, 6.45) is 6.78. The zero-order valence-electron chi connectivity index (χ0n) is 12.0. The smallest absolute Gasteiger partial charge is 0.161 e. The Labute approximate surface area is 129 Å². The number of methoxy groups -OCH3 is 1. The standard InChI is InChI=1S/C16H22BrNO2/c1-19-16-9-12(17)5-6-15(16)20-14-10-13(11-14)18-7-3-2-4-8-18/h5-6,9,13-14H,2-4,7-8,10-11H2,1H3/t13-,14-. The molecule has 0 spiro atoms.